The van der Waals surface area contributed by atoms with E-state index in [4.69, 9.17) is 0 Å². The van der Waals surface area contributed by atoms with E-state index < -0.39 is 0 Å². The van der Waals surface area contributed by atoms with Crippen molar-refractivity contribution in [3.63, 3.8) is 0 Å². The number of hydrogen-bond acceptors (Lipinski definition) is 3. The molecule has 0 atom stereocenters. The van der Waals surface area contributed by atoms with Gasteiger partial charge in [0.2, 0.25) is 0 Å². The molecule has 0 saturated heterocycles. The van der Waals surface area contributed by atoms with Crippen LogP contribution in [0.5, 0.6) is 0 Å². The molecule has 0 amide bonds. The van der Waals surface area contributed by atoms with Gasteiger partial charge in [0.15, 0.2) is 5.65 Å². The summed E-state index contributed by atoms with van der Waals surface area (Å²) >= 11 is 0. The predicted octanol–water partition coefficient (Wildman–Crippen LogP) is 3.90. The monoisotopic (exact) mass is 357 g/mol. The van der Waals surface area contributed by atoms with Gasteiger partial charge in [0.1, 0.15) is 5.78 Å². The van der Waals surface area contributed by atoms with Crippen molar-refractivity contribution in [1.29, 1.82) is 0 Å². The van der Waals surface area contributed by atoms with E-state index in [1.165, 1.54) is 6.33 Å². The lowest BCUT2D eigenvalue weighted by atomic mass is 10.0. The van der Waals surface area contributed by atoms with Crippen LogP contribution < -0.4 is 5.56 Å². The second-order valence-corrected chi connectivity index (χ2v) is 6.58. The van der Waals surface area contributed by atoms with Crippen molar-refractivity contribution in [3.8, 4) is 16.8 Å². The Hall–Kier alpha value is -3.47. The number of aromatic nitrogens is 3. The second kappa shape index (κ2) is 7.03. The Morgan fingerprint density at radius 3 is 2.70 bits per heavy atom. The molecule has 5 heteroatoms. The van der Waals surface area contributed by atoms with E-state index in [-0.39, 0.29) is 11.3 Å². The number of carbonyl (C=O) groups excluding carboxylic acids is 1. The summed E-state index contributed by atoms with van der Waals surface area (Å²) in [7, 11) is 0. The summed E-state index contributed by atoms with van der Waals surface area (Å²) in [6, 6.07) is 17.8. The van der Waals surface area contributed by atoms with Gasteiger partial charge in [0, 0.05) is 23.9 Å². The van der Waals surface area contributed by atoms with Crippen LogP contribution in [0.3, 0.4) is 0 Å². The number of ketones is 1. The minimum atomic E-state index is -0.168. The maximum atomic E-state index is 12.6. The average molecular weight is 357 g/mol. The van der Waals surface area contributed by atoms with Crippen LogP contribution in [0.2, 0.25) is 0 Å². The van der Waals surface area contributed by atoms with Crippen LogP contribution in [0.15, 0.2) is 71.9 Å². The Bertz CT molecular complexity index is 1170. The average Bonchev–Trinajstić information content (AvgIpc) is 3.08. The van der Waals surface area contributed by atoms with E-state index in [9.17, 15) is 9.59 Å². The predicted molar refractivity (Wildman–Crippen MR) is 106 cm³/mol. The van der Waals surface area contributed by atoms with Gasteiger partial charge >= 0.3 is 0 Å². The zero-order valence-electron chi connectivity index (χ0n) is 15.0. The van der Waals surface area contributed by atoms with Gasteiger partial charge in [0.25, 0.3) is 5.56 Å². The molecule has 0 bridgehead atoms. The molecule has 4 rings (SSSR count). The zero-order chi connectivity index (χ0) is 18.8. The number of aryl methyl sites for hydroxylation is 1. The van der Waals surface area contributed by atoms with Gasteiger partial charge in [0.05, 0.1) is 11.7 Å². The molecule has 134 valence electrons. The maximum Gasteiger partial charge on any atom is 0.260 e. The highest BCUT2D eigenvalue weighted by molar-refractivity contribution is 5.94. The number of hydrogen-bond donors (Lipinski definition) is 1. The van der Waals surface area contributed by atoms with Crippen molar-refractivity contribution in [2.75, 3.05) is 0 Å². The molecule has 4 aromatic rings. The maximum absolute atomic E-state index is 12.6. The summed E-state index contributed by atoms with van der Waals surface area (Å²) in [6.45, 7) is 1.60. The number of Topliss-reactive ketones (excluding diaryl/α,β-unsaturated/α-hetero) is 1. The first-order valence-corrected chi connectivity index (χ1v) is 8.86. The molecule has 2 aromatic carbocycles. The molecule has 1 N–H and O–H groups in total. The van der Waals surface area contributed by atoms with E-state index in [0.29, 0.717) is 23.9 Å². The van der Waals surface area contributed by atoms with Crippen LogP contribution in [0.1, 0.15) is 18.9 Å². The van der Waals surface area contributed by atoms with E-state index >= 15 is 0 Å². The Morgan fingerprint density at radius 2 is 1.93 bits per heavy atom. The fourth-order valence-corrected chi connectivity index (χ4v) is 3.29. The summed E-state index contributed by atoms with van der Waals surface area (Å²) in [5.41, 5.74) is 4.23. The molecular formula is C22H19N3O2. The zero-order valence-corrected chi connectivity index (χ0v) is 15.0. The molecule has 0 saturated carbocycles. The van der Waals surface area contributed by atoms with E-state index in [1.807, 2.05) is 65.4 Å². The number of fused-ring (bicyclic) bond motifs is 1. The van der Waals surface area contributed by atoms with Crippen molar-refractivity contribution in [3.05, 3.63) is 83.0 Å². The first-order valence-electron chi connectivity index (χ1n) is 8.86. The van der Waals surface area contributed by atoms with Crippen molar-refractivity contribution < 1.29 is 4.79 Å². The number of H-pyrrole nitrogens is 1. The summed E-state index contributed by atoms with van der Waals surface area (Å²) in [4.78, 5) is 30.9. The summed E-state index contributed by atoms with van der Waals surface area (Å²) in [5, 5.41) is 0.560. The van der Waals surface area contributed by atoms with Gasteiger partial charge in [-0.3, -0.25) is 4.79 Å². The normalized spacial score (nSPS) is 11.0. The third kappa shape index (κ3) is 3.31. The lowest BCUT2D eigenvalue weighted by molar-refractivity contribution is -0.116. The number of nitrogens with one attached hydrogen (secondary N) is 1. The van der Waals surface area contributed by atoms with Gasteiger partial charge in [-0.1, -0.05) is 42.5 Å². The quantitative estimate of drug-likeness (QED) is 0.589. The summed E-state index contributed by atoms with van der Waals surface area (Å²) < 4.78 is 1.93. The highest BCUT2D eigenvalue weighted by atomic mass is 16.1. The highest BCUT2D eigenvalue weighted by Gasteiger charge is 2.16. The minimum Gasteiger partial charge on any atom is -0.312 e. The number of para-hydroxylation sites is 1. The van der Waals surface area contributed by atoms with Gasteiger partial charge < -0.3 is 14.3 Å². The molecule has 2 aromatic heterocycles. The SMILES string of the molecule is CC(=O)CCc1cccc(-c2cn(-c3ccccc3)c3nc[nH]c(=O)c23)c1. The first kappa shape index (κ1) is 17.0. The van der Waals surface area contributed by atoms with Crippen molar-refractivity contribution >= 4 is 16.8 Å². The first-order chi connectivity index (χ1) is 13.1. The fourth-order valence-electron chi connectivity index (χ4n) is 3.29. The molecule has 0 aliphatic heterocycles. The highest BCUT2D eigenvalue weighted by Crippen LogP contribution is 2.30. The number of carbonyl (C=O) groups is 1. The fraction of sp³-hybridized carbons (Fsp3) is 0.136. The Labute approximate surface area is 156 Å². The van der Waals surface area contributed by atoms with E-state index in [1.54, 1.807) is 6.92 Å². The third-order valence-corrected chi connectivity index (χ3v) is 4.63. The molecule has 0 fully saturated rings. The third-order valence-electron chi connectivity index (χ3n) is 4.63. The van der Waals surface area contributed by atoms with Crippen LogP contribution in [-0.2, 0) is 11.2 Å². The van der Waals surface area contributed by atoms with E-state index in [2.05, 4.69) is 9.97 Å². The molecular weight excluding hydrogens is 338 g/mol. The van der Waals surface area contributed by atoms with Crippen molar-refractivity contribution in [2.45, 2.75) is 19.8 Å². The summed E-state index contributed by atoms with van der Waals surface area (Å²) in [5.74, 6) is 0.168. The van der Waals surface area contributed by atoms with E-state index in [0.717, 1.165) is 22.4 Å². The van der Waals surface area contributed by atoms with Gasteiger partial charge in [-0.05, 0) is 36.6 Å². The molecule has 5 nitrogen and oxygen atoms in total. The van der Waals surface area contributed by atoms with Crippen molar-refractivity contribution in [2.24, 2.45) is 0 Å². The van der Waals surface area contributed by atoms with Crippen LogP contribution in [-0.4, -0.2) is 20.3 Å². The standard InChI is InChI=1S/C22H19N3O2/c1-15(26)10-11-16-6-5-7-17(12-16)19-13-25(18-8-3-2-4-9-18)21-20(19)22(27)24-14-23-21/h2-9,12-14H,10-11H2,1H3,(H,23,24,27). The van der Waals surface area contributed by atoms with Crippen LogP contribution >= 0.6 is 0 Å². The van der Waals surface area contributed by atoms with Crippen molar-refractivity contribution in [1.82, 2.24) is 14.5 Å². The molecule has 2 heterocycles. The van der Waals surface area contributed by atoms with Crippen LogP contribution in [0.4, 0.5) is 0 Å². The van der Waals surface area contributed by atoms with Crippen LogP contribution in [0.25, 0.3) is 27.8 Å². The van der Waals surface area contributed by atoms with Gasteiger partial charge in [-0.25, -0.2) is 4.98 Å². The summed E-state index contributed by atoms with van der Waals surface area (Å²) in [6.07, 6.45) is 4.58. The Kier molecular flexibility index (Phi) is 4.42. The Morgan fingerprint density at radius 1 is 1.11 bits per heavy atom. The Balaban J connectivity index is 1.89. The molecule has 0 aliphatic rings. The number of rotatable bonds is 5. The molecule has 0 aliphatic carbocycles. The second-order valence-electron chi connectivity index (χ2n) is 6.58. The number of aromatic amines is 1. The lowest BCUT2D eigenvalue weighted by Crippen LogP contribution is -2.07. The van der Waals surface area contributed by atoms with Gasteiger partial charge in [-0.15, -0.1) is 0 Å². The smallest absolute Gasteiger partial charge is 0.260 e. The van der Waals surface area contributed by atoms with Gasteiger partial charge in [-0.2, -0.15) is 0 Å². The molecule has 27 heavy (non-hydrogen) atoms. The molecule has 0 radical (unpaired) electrons. The largest absolute Gasteiger partial charge is 0.312 e. The number of nitrogens with zero attached hydrogens (tertiary/aromatic N) is 2. The minimum absolute atomic E-state index is 0.168. The lowest BCUT2D eigenvalue weighted by Gasteiger charge is -2.04. The molecule has 0 spiro atoms. The topological polar surface area (TPSA) is 67.8 Å². The number of benzene rings is 2. The van der Waals surface area contributed by atoms with Crippen LogP contribution in [0, 0.1) is 0 Å². The molecule has 0 unspecified atom stereocenters.